The summed E-state index contributed by atoms with van der Waals surface area (Å²) in [6.07, 6.45) is 1.41. The zero-order valence-corrected chi connectivity index (χ0v) is 14.1. The Morgan fingerprint density at radius 1 is 1.11 bits per heavy atom. The number of carbonyl (C=O) groups is 1. The number of carboxylic acids is 1. The average molecular weight is 362 g/mol. The van der Waals surface area contributed by atoms with E-state index < -0.39 is 5.97 Å². The second-order valence-electron chi connectivity index (χ2n) is 6.22. The van der Waals surface area contributed by atoms with E-state index in [-0.39, 0.29) is 12.6 Å². The van der Waals surface area contributed by atoms with Crippen molar-refractivity contribution in [2.45, 2.75) is 6.54 Å². The fourth-order valence-corrected chi connectivity index (χ4v) is 3.23. The Hall–Kier alpha value is -3.74. The summed E-state index contributed by atoms with van der Waals surface area (Å²) in [4.78, 5) is 11.2. The standard InChI is InChI=1S/C20H14N2O5/c23-20(24)18-6-13(10-25-18)19-14-7-16-17(27-11-26-16)8-15(14)22(21-19)9-12-4-2-1-3-5-12/h1-8,10H,9,11H2,(H,23,24). The fraction of sp³-hybridized carbons (Fsp3) is 0.100. The number of aromatic nitrogens is 2. The summed E-state index contributed by atoms with van der Waals surface area (Å²) in [6.45, 7) is 0.749. The lowest BCUT2D eigenvalue weighted by Gasteiger charge is -2.04. The molecule has 2 aromatic carbocycles. The lowest BCUT2D eigenvalue weighted by atomic mass is 10.1. The number of ether oxygens (including phenoxy) is 2. The van der Waals surface area contributed by atoms with E-state index in [4.69, 9.17) is 24.1 Å². The first-order chi connectivity index (χ1) is 13.2. The fourth-order valence-electron chi connectivity index (χ4n) is 3.23. The van der Waals surface area contributed by atoms with Crippen molar-refractivity contribution in [2.24, 2.45) is 0 Å². The molecular formula is C20H14N2O5. The van der Waals surface area contributed by atoms with Crippen LogP contribution in [0.4, 0.5) is 0 Å². The summed E-state index contributed by atoms with van der Waals surface area (Å²) in [5, 5.41) is 14.7. The van der Waals surface area contributed by atoms with Crippen molar-refractivity contribution >= 4 is 16.9 Å². The molecule has 3 heterocycles. The Morgan fingerprint density at radius 2 is 1.89 bits per heavy atom. The molecule has 2 aromatic heterocycles. The SMILES string of the molecule is O=C(O)c1cc(-c2nn(Cc3ccccc3)c3cc4c(cc23)OCO4)co1. The van der Waals surface area contributed by atoms with Crippen LogP contribution in [0.1, 0.15) is 16.1 Å². The molecule has 0 unspecified atom stereocenters. The van der Waals surface area contributed by atoms with E-state index in [1.165, 1.54) is 12.3 Å². The minimum atomic E-state index is -1.12. The highest BCUT2D eigenvalue weighted by atomic mass is 16.7. The third-order valence-electron chi connectivity index (χ3n) is 4.50. The number of benzene rings is 2. The molecule has 0 amide bonds. The molecule has 0 radical (unpaired) electrons. The molecule has 27 heavy (non-hydrogen) atoms. The molecule has 0 saturated heterocycles. The second kappa shape index (κ2) is 5.91. The Kier molecular flexibility index (Phi) is 3.39. The lowest BCUT2D eigenvalue weighted by molar-refractivity contribution is 0.0662. The van der Waals surface area contributed by atoms with Crippen molar-refractivity contribution in [1.29, 1.82) is 0 Å². The smallest absolute Gasteiger partial charge is 0.371 e. The molecule has 7 nitrogen and oxygen atoms in total. The first-order valence-corrected chi connectivity index (χ1v) is 8.35. The van der Waals surface area contributed by atoms with Crippen LogP contribution in [-0.2, 0) is 6.54 Å². The van der Waals surface area contributed by atoms with Gasteiger partial charge < -0.3 is 19.0 Å². The third-order valence-corrected chi connectivity index (χ3v) is 4.50. The maximum Gasteiger partial charge on any atom is 0.371 e. The van der Waals surface area contributed by atoms with Crippen molar-refractivity contribution in [1.82, 2.24) is 9.78 Å². The zero-order valence-electron chi connectivity index (χ0n) is 14.1. The van der Waals surface area contributed by atoms with Crippen molar-refractivity contribution in [3.63, 3.8) is 0 Å². The van der Waals surface area contributed by atoms with Gasteiger partial charge in [0.05, 0.1) is 12.1 Å². The van der Waals surface area contributed by atoms with Crippen molar-refractivity contribution in [3.05, 3.63) is 66.1 Å². The quantitative estimate of drug-likeness (QED) is 0.595. The monoisotopic (exact) mass is 362 g/mol. The molecule has 0 saturated carbocycles. The number of aromatic carboxylic acids is 1. The Labute approximate surface area is 153 Å². The van der Waals surface area contributed by atoms with Gasteiger partial charge in [0.1, 0.15) is 12.0 Å². The Morgan fingerprint density at radius 3 is 2.63 bits per heavy atom. The van der Waals surface area contributed by atoms with E-state index in [1.807, 2.05) is 47.1 Å². The number of rotatable bonds is 4. The van der Waals surface area contributed by atoms with Gasteiger partial charge in [0.2, 0.25) is 12.6 Å². The van der Waals surface area contributed by atoms with Gasteiger partial charge in [0.25, 0.3) is 0 Å². The molecular weight excluding hydrogens is 348 g/mol. The predicted molar refractivity (Wildman–Crippen MR) is 96.1 cm³/mol. The van der Waals surface area contributed by atoms with Crippen molar-refractivity contribution in [3.8, 4) is 22.8 Å². The van der Waals surface area contributed by atoms with E-state index in [9.17, 15) is 4.79 Å². The highest BCUT2D eigenvalue weighted by molar-refractivity contribution is 5.96. The highest BCUT2D eigenvalue weighted by Gasteiger charge is 2.22. The molecule has 1 aliphatic rings. The second-order valence-corrected chi connectivity index (χ2v) is 6.22. The van der Waals surface area contributed by atoms with Crippen molar-refractivity contribution in [2.75, 3.05) is 6.79 Å². The van der Waals surface area contributed by atoms with E-state index in [0.29, 0.717) is 29.3 Å². The van der Waals surface area contributed by atoms with Gasteiger partial charge in [-0.1, -0.05) is 30.3 Å². The summed E-state index contributed by atoms with van der Waals surface area (Å²) in [6, 6.07) is 15.2. The molecule has 0 aliphatic carbocycles. The van der Waals surface area contributed by atoms with Crippen LogP contribution < -0.4 is 9.47 Å². The summed E-state index contributed by atoms with van der Waals surface area (Å²) < 4.78 is 18.0. The topological polar surface area (TPSA) is 86.7 Å². The number of furan rings is 1. The highest BCUT2D eigenvalue weighted by Crippen LogP contribution is 2.40. The van der Waals surface area contributed by atoms with E-state index >= 15 is 0 Å². The maximum atomic E-state index is 11.2. The van der Waals surface area contributed by atoms with Crippen LogP contribution in [0, 0.1) is 0 Å². The van der Waals surface area contributed by atoms with Gasteiger partial charge in [0.15, 0.2) is 11.5 Å². The zero-order chi connectivity index (χ0) is 18.4. The van der Waals surface area contributed by atoms with Gasteiger partial charge in [-0.25, -0.2) is 4.79 Å². The lowest BCUT2D eigenvalue weighted by Crippen LogP contribution is -2.01. The summed E-state index contributed by atoms with van der Waals surface area (Å²) in [5.41, 5.74) is 3.21. The molecule has 1 aliphatic heterocycles. The number of carboxylic acid groups (broad SMARTS) is 1. The molecule has 4 aromatic rings. The van der Waals surface area contributed by atoms with Gasteiger partial charge in [-0.15, -0.1) is 0 Å². The summed E-state index contributed by atoms with van der Waals surface area (Å²) >= 11 is 0. The van der Waals surface area contributed by atoms with E-state index in [1.54, 1.807) is 0 Å². The average Bonchev–Trinajstić information content (AvgIpc) is 3.39. The Balaban J connectivity index is 1.69. The molecule has 5 rings (SSSR count). The molecule has 0 bridgehead atoms. The van der Waals surface area contributed by atoms with Crippen LogP contribution in [0.3, 0.4) is 0 Å². The summed E-state index contributed by atoms with van der Waals surface area (Å²) in [5.74, 6) is 0.0649. The molecule has 7 heteroatoms. The normalized spacial score (nSPS) is 12.6. The molecule has 134 valence electrons. The molecule has 0 atom stereocenters. The van der Waals surface area contributed by atoms with Crippen LogP contribution in [0.15, 0.2) is 59.2 Å². The maximum absolute atomic E-state index is 11.2. The van der Waals surface area contributed by atoms with Gasteiger partial charge >= 0.3 is 5.97 Å². The van der Waals surface area contributed by atoms with Crippen LogP contribution in [-0.4, -0.2) is 27.6 Å². The predicted octanol–water partition coefficient (Wildman–Crippen LogP) is 3.77. The minimum absolute atomic E-state index is 0.128. The minimum Gasteiger partial charge on any atom is -0.475 e. The number of nitrogens with zero attached hydrogens (tertiary/aromatic N) is 2. The van der Waals surface area contributed by atoms with Crippen LogP contribution in [0.2, 0.25) is 0 Å². The molecule has 0 fully saturated rings. The third kappa shape index (κ3) is 2.60. The van der Waals surface area contributed by atoms with Gasteiger partial charge in [0, 0.05) is 23.1 Å². The van der Waals surface area contributed by atoms with Crippen LogP contribution >= 0.6 is 0 Å². The Bertz CT molecular complexity index is 1160. The first-order valence-electron chi connectivity index (χ1n) is 8.35. The van der Waals surface area contributed by atoms with Gasteiger partial charge in [-0.2, -0.15) is 5.10 Å². The summed E-state index contributed by atoms with van der Waals surface area (Å²) in [7, 11) is 0. The van der Waals surface area contributed by atoms with E-state index in [0.717, 1.165) is 16.5 Å². The van der Waals surface area contributed by atoms with Crippen LogP contribution in [0.25, 0.3) is 22.2 Å². The van der Waals surface area contributed by atoms with E-state index in [2.05, 4.69) is 0 Å². The van der Waals surface area contributed by atoms with Gasteiger partial charge in [-0.3, -0.25) is 4.68 Å². The largest absolute Gasteiger partial charge is 0.475 e. The number of hydrogen-bond acceptors (Lipinski definition) is 5. The number of fused-ring (bicyclic) bond motifs is 2. The first kappa shape index (κ1) is 15.5. The van der Waals surface area contributed by atoms with Gasteiger partial charge in [-0.05, 0) is 11.6 Å². The van der Waals surface area contributed by atoms with Crippen LogP contribution in [0.5, 0.6) is 11.5 Å². The number of hydrogen-bond donors (Lipinski definition) is 1. The molecule has 0 spiro atoms. The van der Waals surface area contributed by atoms with Crippen molar-refractivity contribution < 1.29 is 23.8 Å². The molecule has 1 N–H and O–H groups in total.